The number of carboxylic acids is 1. The van der Waals surface area contributed by atoms with Crippen LogP contribution in [0.1, 0.15) is 36.8 Å². The Bertz CT molecular complexity index is 824. The van der Waals surface area contributed by atoms with Gasteiger partial charge in [0, 0.05) is 13.0 Å². The lowest BCUT2D eigenvalue weighted by Gasteiger charge is -2.25. The van der Waals surface area contributed by atoms with E-state index in [-0.39, 0.29) is 12.5 Å². The first kappa shape index (κ1) is 26.6. The normalized spacial score (nSPS) is 13.0. The molecule has 2 aromatic rings. The van der Waals surface area contributed by atoms with E-state index < -0.39 is 12.3 Å². The third-order valence-electron chi connectivity index (χ3n) is 5.25. The molecule has 7 nitrogen and oxygen atoms in total. The smallest absolute Gasteiger partial charge is 0.303 e. The standard InChI is InChI=1S/C26H37NO6/c1-27(2)18-23(33-26(30)11-7-6-10-25(28)29)19-32-24-9-5-4-8-21(24)15-12-20-13-16-22(31-3)17-14-20/h4-5,8-9,13-14,16-17,23,26,30H,6-7,10-12,15,18-19H2,1-3H3,(H,28,29)/t23-,26?/m1/s1. The van der Waals surface area contributed by atoms with Crippen LogP contribution >= 0.6 is 0 Å². The minimum atomic E-state index is -0.947. The van der Waals surface area contributed by atoms with E-state index in [2.05, 4.69) is 18.2 Å². The number of nitrogens with zero attached hydrogens (tertiary/aromatic N) is 1. The quantitative estimate of drug-likeness (QED) is 0.292. The van der Waals surface area contributed by atoms with Gasteiger partial charge in [0.05, 0.1) is 7.11 Å². The summed E-state index contributed by atoms with van der Waals surface area (Å²) in [6.07, 6.45) is 2.08. The second kappa shape index (κ2) is 14.5. The molecule has 0 saturated heterocycles. The molecule has 33 heavy (non-hydrogen) atoms. The highest BCUT2D eigenvalue weighted by atomic mass is 16.6. The van der Waals surface area contributed by atoms with Gasteiger partial charge in [-0.2, -0.15) is 0 Å². The zero-order valence-electron chi connectivity index (χ0n) is 19.9. The molecular weight excluding hydrogens is 422 g/mol. The van der Waals surface area contributed by atoms with Crippen molar-refractivity contribution < 1.29 is 29.2 Å². The number of aliphatic hydroxyl groups is 1. The zero-order valence-corrected chi connectivity index (χ0v) is 19.9. The van der Waals surface area contributed by atoms with E-state index in [0.717, 1.165) is 29.9 Å². The fraction of sp³-hybridized carbons (Fsp3) is 0.500. The van der Waals surface area contributed by atoms with Crippen LogP contribution in [-0.2, 0) is 22.4 Å². The van der Waals surface area contributed by atoms with Crippen molar-refractivity contribution in [3.8, 4) is 11.5 Å². The first-order valence-corrected chi connectivity index (χ1v) is 11.4. The van der Waals surface area contributed by atoms with Crippen molar-refractivity contribution in [2.24, 2.45) is 0 Å². The minimum absolute atomic E-state index is 0.101. The minimum Gasteiger partial charge on any atom is -0.497 e. The molecule has 2 N–H and O–H groups in total. The van der Waals surface area contributed by atoms with Crippen LogP contribution in [0.2, 0.25) is 0 Å². The summed E-state index contributed by atoms with van der Waals surface area (Å²) >= 11 is 0. The number of benzene rings is 2. The molecule has 0 fully saturated rings. The van der Waals surface area contributed by atoms with Crippen LogP contribution in [0.5, 0.6) is 11.5 Å². The van der Waals surface area contributed by atoms with Crippen molar-refractivity contribution in [2.45, 2.75) is 50.9 Å². The summed E-state index contributed by atoms with van der Waals surface area (Å²) in [5, 5.41) is 19.0. The molecule has 0 aliphatic rings. The number of para-hydroxylation sites is 1. The number of rotatable bonds is 16. The van der Waals surface area contributed by atoms with Crippen LogP contribution in [0.25, 0.3) is 0 Å². The van der Waals surface area contributed by atoms with Crippen molar-refractivity contribution in [3.05, 3.63) is 59.7 Å². The van der Waals surface area contributed by atoms with Gasteiger partial charge in [0.15, 0.2) is 6.29 Å². The Kier molecular flexibility index (Phi) is 11.7. The lowest BCUT2D eigenvalue weighted by Crippen LogP contribution is -2.36. The van der Waals surface area contributed by atoms with E-state index in [1.54, 1.807) is 7.11 Å². The Balaban J connectivity index is 1.90. The molecule has 0 bridgehead atoms. The molecule has 2 aromatic carbocycles. The fourth-order valence-electron chi connectivity index (χ4n) is 3.53. The van der Waals surface area contributed by atoms with Crippen LogP contribution < -0.4 is 9.47 Å². The number of hydrogen-bond donors (Lipinski definition) is 2. The highest BCUT2D eigenvalue weighted by Crippen LogP contribution is 2.22. The Morgan fingerprint density at radius 2 is 1.76 bits per heavy atom. The van der Waals surface area contributed by atoms with E-state index in [4.69, 9.17) is 19.3 Å². The molecule has 1 unspecified atom stereocenters. The topological polar surface area (TPSA) is 88.5 Å². The van der Waals surface area contributed by atoms with Gasteiger partial charge >= 0.3 is 5.97 Å². The summed E-state index contributed by atoms with van der Waals surface area (Å²) < 4.78 is 17.2. The van der Waals surface area contributed by atoms with Crippen molar-refractivity contribution >= 4 is 5.97 Å². The van der Waals surface area contributed by atoms with Crippen molar-refractivity contribution in [2.75, 3.05) is 34.4 Å². The number of carboxylic acid groups (broad SMARTS) is 1. The number of hydrogen-bond acceptors (Lipinski definition) is 6. The maximum atomic E-state index is 10.6. The zero-order chi connectivity index (χ0) is 24.1. The number of aliphatic carboxylic acids is 1. The lowest BCUT2D eigenvalue weighted by atomic mass is 10.0. The molecule has 0 spiro atoms. The number of aliphatic hydroxyl groups excluding tert-OH is 1. The molecule has 7 heteroatoms. The van der Waals surface area contributed by atoms with Gasteiger partial charge in [-0.05, 0) is 75.5 Å². The van der Waals surface area contributed by atoms with E-state index in [0.29, 0.717) is 32.4 Å². The Hall–Kier alpha value is -2.61. The Labute approximate surface area is 196 Å². The monoisotopic (exact) mass is 459 g/mol. The number of aryl methyl sites for hydroxylation is 2. The van der Waals surface area contributed by atoms with Crippen LogP contribution in [0.15, 0.2) is 48.5 Å². The summed E-state index contributed by atoms with van der Waals surface area (Å²) in [4.78, 5) is 12.6. The third kappa shape index (κ3) is 10.7. The van der Waals surface area contributed by atoms with E-state index in [9.17, 15) is 9.90 Å². The Morgan fingerprint density at radius 1 is 1.03 bits per heavy atom. The van der Waals surface area contributed by atoms with E-state index in [1.807, 2.05) is 49.3 Å². The van der Waals surface area contributed by atoms with Gasteiger partial charge < -0.3 is 29.3 Å². The van der Waals surface area contributed by atoms with Gasteiger partial charge in [-0.3, -0.25) is 4.79 Å². The van der Waals surface area contributed by atoms with Crippen LogP contribution in [-0.4, -0.2) is 67.8 Å². The molecule has 2 rings (SSSR count). The van der Waals surface area contributed by atoms with Gasteiger partial charge in [-0.15, -0.1) is 0 Å². The molecule has 0 amide bonds. The summed E-state index contributed by atoms with van der Waals surface area (Å²) in [5.74, 6) is 0.836. The second-order valence-electron chi connectivity index (χ2n) is 8.38. The molecule has 0 radical (unpaired) electrons. The number of ether oxygens (including phenoxy) is 3. The van der Waals surface area contributed by atoms with Gasteiger partial charge in [0.1, 0.15) is 24.2 Å². The van der Waals surface area contributed by atoms with Crippen LogP contribution in [0, 0.1) is 0 Å². The second-order valence-corrected chi connectivity index (χ2v) is 8.38. The number of likely N-dealkylation sites (N-methyl/N-ethyl adjacent to an activating group) is 1. The van der Waals surface area contributed by atoms with E-state index >= 15 is 0 Å². The molecule has 0 aromatic heterocycles. The maximum Gasteiger partial charge on any atom is 0.303 e. The van der Waals surface area contributed by atoms with Crippen LogP contribution in [0.4, 0.5) is 0 Å². The van der Waals surface area contributed by atoms with Gasteiger partial charge in [-0.1, -0.05) is 30.3 Å². The van der Waals surface area contributed by atoms with Gasteiger partial charge in [0.2, 0.25) is 0 Å². The summed E-state index contributed by atoms with van der Waals surface area (Å²) in [6, 6.07) is 16.1. The average Bonchev–Trinajstić information content (AvgIpc) is 2.79. The molecular formula is C26H37NO6. The molecule has 0 heterocycles. The summed E-state index contributed by atoms with van der Waals surface area (Å²) in [5.41, 5.74) is 2.34. The lowest BCUT2D eigenvalue weighted by molar-refractivity contribution is -0.152. The third-order valence-corrected chi connectivity index (χ3v) is 5.25. The van der Waals surface area contributed by atoms with Crippen molar-refractivity contribution in [3.63, 3.8) is 0 Å². The molecule has 0 aliphatic heterocycles. The first-order chi connectivity index (χ1) is 15.9. The highest BCUT2D eigenvalue weighted by Gasteiger charge is 2.17. The predicted molar refractivity (Wildman–Crippen MR) is 128 cm³/mol. The summed E-state index contributed by atoms with van der Waals surface area (Å²) in [7, 11) is 5.55. The first-order valence-electron chi connectivity index (χ1n) is 11.4. The van der Waals surface area contributed by atoms with E-state index in [1.165, 1.54) is 5.56 Å². The fourth-order valence-corrected chi connectivity index (χ4v) is 3.53. The SMILES string of the molecule is COc1ccc(CCc2ccccc2OC[C@@H](CN(C)C)OC(O)CCCCC(=O)O)cc1. The van der Waals surface area contributed by atoms with Crippen LogP contribution in [0.3, 0.4) is 0 Å². The number of methoxy groups -OCH3 is 1. The number of unbranched alkanes of at least 4 members (excludes halogenated alkanes) is 1. The Morgan fingerprint density at radius 3 is 2.42 bits per heavy atom. The number of carbonyl (C=O) groups is 1. The molecule has 0 saturated carbocycles. The highest BCUT2D eigenvalue weighted by molar-refractivity contribution is 5.66. The van der Waals surface area contributed by atoms with Gasteiger partial charge in [-0.25, -0.2) is 0 Å². The molecule has 0 aliphatic carbocycles. The largest absolute Gasteiger partial charge is 0.497 e. The molecule has 2 atom stereocenters. The van der Waals surface area contributed by atoms with Gasteiger partial charge in [0.25, 0.3) is 0 Å². The van der Waals surface area contributed by atoms with Crippen molar-refractivity contribution in [1.82, 2.24) is 4.90 Å². The predicted octanol–water partition coefficient (Wildman–Crippen LogP) is 3.77. The maximum absolute atomic E-state index is 10.6. The average molecular weight is 460 g/mol. The molecule has 182 valence electrons. The summed E-state index contributed by atoms with van der Waals surface area (Å²) in [6.45, 7) is 0.907. The van der Waals surface area contributed by atoms with Crippen molar-refractivity contribution in [1.29, 1.82) is 0 Å².